The van der Waals surface area contributed by atoms with E-state index < -0.39 is 0 Å². The Morgan fingerprint density at radius 3 is 2.43 bits per heavy atom. The smallest absolute Gasteiger partial charge is 0.260 e. The van der Waals surface area contributed by atoms with E-state index in [1.807, 2.05) is 16.7 Å². The highest BCUT2D eigenvalue weighted by molar-refractivity contribution is 6.36. The second-order valence-corrected chi connectivity index (χ2v) is 9.21. The van der Waals surface area contributed by atoms with Crippen LogP contribution in [0.3, 0.4) is 0 Å². The number of benzene rings is 2. The molecule has 0 aliphatic carbocycles. The van der Waals surface area contributed by atoms with Crippen molar-refractivity contribution >= 4 is 51.6 Å². The molecule has 1 fully saturated rings. The van der Waals surface area contributed by atoms with E-state index in [0.29, 0.717) is 76.9 Å². The normalized spacial score (nSPS) is 14.1. The number of nitrogens with two attached hydrogens (primary N) is 1. The van der Waals surface area contributed by atoms with E-state index >= 15 is 0 Å². The molecule has 7 nitrogen and oxygen atoms in total. The molecule has 0 atom stereocenters. The number of fused-ring (bicyclic) bond motifs is 1. The Hall–Kier alpha value is -3.36. The van der Waals surface area contributed by atoms with Crippen molar-refractivity contribution in [3.63, 3.8) is 0 Å². The van der Waals surface area contributed by atoms with Gasteiger partial charge in [-0.3, -0.25) is 9.36 Å². The summed E-state index contributed by atoms with van der Waals surface area (Å²) in [6, 6.07) is 11.6. The zero-order valence-corrected chi connectivity index (χ0v) is 20.5. The van der Waals surface area contributed by atoms with Crippen LogP contribution in [-0.4, -0.2) is 40.7 Å². The van der Waals surface area contributed by atoms with E-state index in [2.05, 4.69) is 4.98 Å². The zero-order valence-electron chi connectivity index (χ0n) is 19.0. The Morgan fingerprint density at radius 2 is 1.74 bits per heavy atom. The lowest BCUT2D eigenvalue weighted by Crippen LogP contribution is -2.47. The lowest BCUT2D eigenvalue weighted by Gasteiger charge is -2.36. The van der Waals surface area contributed by atoms with Crippen LogP contribution in [0.1, 0.15) is 6.92 Å². The van der Waals surface area contributed by atoms with Gasteiger partial charge >= 0.3 is 0 Å². The number of rotatable bonds is 4. The molecule has 3 heterocycles. The van der Waals surface area contributed by atoms with Gasteiger partial charge in [-0.05, 0) is 43.3 Å². The Labute approximate surface area is 211 Å². The SMILES string of the molecule is CCn1c(=O)c(-c2ccc(Cl)cc2Cl)cc2cnc(N3CCN(c4ccc(N)cc4F)CC3)nc21. The average Bonchev–Trinajstić information content (AvgIpc) is 2.84. The molecule has 4 aromatic rings. The van der Waals surface area contributed by atoms with Crippen molar-refractivity contribution in [1.29, 1.82) is 0 Å². The van der Waals surface area contributed by atoms with Gasteiger partial charge in [0.25, 0.3) is 5.56 Å². The van der Waals surface area contributed by atoms with Crippen molar-refractivity contribution < 1.29 is 4.39 Å². The zero-order chi connectivity index (χ0) is 24.7. The molecule has 0 saturated carbocycles. The lowest BCUT2D eigenvalue weighted by atomic mass is 10.1. The number of nitrogen functional groups attached to an aromatic ring is 1. The van der Waals surface area contributed by atoms with Gasteiger partial charge < -0.3 is 15.5 Å². The number of piperazine rings is 1. The van der Waals surface area contributed by atoms with Gasteiger partial charge in [-0.25, -0.2) is 9.37 Å². The van der Waals surface area contributed by atoms with Crippen molar-refractivity contribution in [2.24, 2.45) is 0 Å². The molecule has 2 aromatic carbocycles. The summed E-state index contributed by atoms with van der Waals surface area (Å²) in [5.74, 6) is 0.206. The predicted molar refractivity (Wildman–Crippen MR) is 140 cm³/mol. The summed E-state index contributed by atoms with van der Waals surface area (Å²) >= 11 is 12.4. The van der Waals surface area contributed by atoms with E-state index in [0.717, 1.165) is 5.39 Å². The maximum absolute atomic E-state index is 14.3. The van der Waals surface area contributed by atoms with E-state index in [1.165, 1.54) is 6.07 Å². The third kappa shape index (κ3) is 4.39. The predicted octanol–water partition coefficient (Wildman–Crippen LogP) is 4.83. The highest BCUT2D eigenvalue weighted by atomic mass is 35.5. The minimum atomic E-state index is -0.330. The molecular formula is C25H23Cl2FN6O. The fraction of sp³-hybridized carbons (Fsp3) is 0.240. The van der Waals surface area contributed by atoms with Crippen LogP contribution in [0.25, 0.3) is 22.2 Å². The third-order valence-corrected chi connectivity index (χ3v) is 6.77. The van der Waals surface area contributed by atoms with Crippen LogP contribution >= 0.6 is 23.2 Å². The molecule has 180 valence electrons. The van der Waals surface area contributed by atoms with Crippen molar-refractivity contribution in [3.8, 4) is 11.1 Å². The summed E-state index contributed by atoms with van der Waals surface area (Å²) in [4.78, 5) is 26.7. The molecular weight excluding hydrogens is 490 g/mol. The number of hydrogen-bond donors (Lipinski definition) is 1. The minimum Gasteiger partial charge on any atom is -0.399 e. The van der Waals surface area contributed by atoms with Crippen LogP contribution in [-0.2, 0) is 6.54 Å². The fourth-order valence-corrected chi connectivity index (χ4v) is 4.93. The molecule has 2 N–H and O–H groups in total. The first kappa shape index (κ1) is 23.4. The van der Waals surface area contributed by atoms with Gasteiger partial charge in [-0.1, -0.05) is 29.3 Å². The first-order valence-corrected chi connectivity index (χ1v) is 12.0. The van der Waals surface area contributed by atoms with Crippen molar-refractivity contribution in [2.75, 3.05) is 41.7 Å². The summed E-state index contributed by atoms with van der Waals surface area (Å²) in [6.45, 7) is 4.78. The molecule has 10 heteroatoms. The number of aromatic nitrogens is 3. The van der Waals surface area contributed by atoms with Crippen LogP contribution in [0.2, 0.25) is 10.0 Å². The first-order valence-electron chi connectivity index (χ1n) is 11.3. The lowest BCUT2D eigenvalue weighted by molar-refractivity contribution is 0.594. The second-order valence-electron chi connectivity index (χ2n) is 8.37. The summed E-state index contributed by atoms with van der Waals surface area (Å²) in [6.07, 6.45) is 1.72. The molecule has 0 amide bonds. The van der Waals surface area contributed by atoms with Gasteiger partial charge in [0.05, 0.1) is 10.7 Å². The second kappa shape index (κ2) is 9.36. The van der Waals surface area contributed by atoms with E-state index in [-0.39, 0.29) is 11.4 Å². The summed E-state index contributed by atoms with van der Waals surface area (Å²) in [5, 5.41) is 1.64. The monoisotopic (exact) mass is 512 g/mol. The number of anilines is 3. The Balaban J connectivity index is 1.45. The molecule has 0 unspecified atom stereocenters. The topological polar surface area (TPSA) is 80.3 Å². The summed E-state index contributed by atoms with van der Waals surface area (Å²) in [5.41, 5.74) is 8.06. The molecule has 1 saturated heterocycles. The highest BCUT2D eigenvalue weighted by Gasteiger charge is 2.22. The largest absolute Gasteiger partial charge is 0.399 e. The number of pyridine rings is 1. The van der Waals surface area contributed by atoms with Crippen LogP contribution in [0, 0.1) is 5.82 Å². The molecule has 35 heavy (non-hydrogen) atoms. The quantitative estimate of drug-likeness (QED) is 0.394. The van der Waals surface area contributed by atoms with Gasteiger partial charge in [0.15, 0.2) is 0 Å². The van der Waals surface area contributed by atoms with Crippen LogP contribution in [0.5, 0.6) is 0 Å². The molecule has 0 bridgehead atoms. The van der Waals surface area contributed by atoms with Crippen molar-refractivity contribution in [3.05, 3.63) is 74.9 Å². The Morgan fingerprint density at radius 1 is 1.00 bits per heavy atom. The summed E-state index contributed by atoms with van der Waals surface area (Å²) < 4.78 is 16.0. The third-order valence-electron chi connectivity index (χ3n) is 6.23. The number of hydrogen-bond acceptors (Lipinski definition) is 6. The van der Waals surface area contributed by atoms with Gasteiger partial charge in [-0.2, -0.15) is 4.98 Å². The molecule has 5 rings (SSSR count). The van der Waals surface area contributed by atoms with Crippen LogP contribution < -0.4 is 21.1 Å². The number of halogens is 3. The molecule has 1 aliphatic heterocycles. The van der Waals surface area contributed by atoms with Crippen molar-refractivity contribution in [1.82, 2.24) is 14.5 Å². The van der Waals surface area contributed by atoms with Crippen molar-refractivity contribution in [2.45, 2.75) is 13.5 Å². The first-order chi connectivity index (χ1) is 16.9. The maximum atomic E-state index is 14.3. The molecule has 0 spiro atoms. The van der Waals surface area contributed by atoms with Crippen LogP contribution in [0.4, 0.5) is 21.7 Å². The molecule has 1 aliphatic rings. The van der Waals surface area contributed by atoms with E-state index in [9.17, 15) is 9.18 Å². The maximum Gasteiger partial charge on any atom is 0.260 e. The number of aryl methyl sites for hydroxylation is 1. The number of nitrogens with zero attached hydrogens (tertiary/aromatic N) is 5. The van der Waals surface area contributed by atoms with E-state index in [4.69, 9.17) is 33.9 Å². The Kier molecular flexibility index (Phi) is 6.25. The van der Waals surface area contributed by atoms with Gasteiger partial charge in [-0.15, -0.1) is 0 Å². The molecule has 0 radical (unpaired) electrons. The van der Waals surface area contributed by atoms with Crippen LogP contribution in [0.15, 0.2) is 53.5 Å². The minimum absolute atomic E-state index is 0.183. The molecule has 2 aromatic heterocycles. The highest BCUT2D eigenvalue weighted by Crippen LogP contribution is 2.30. The standard InChI is InChI=1S/C25H23Cl2FN6O/c1-2-34-23-15(11-19(24(34)35)18-5-3-16(26)12-20(18)27)14-30-25(31-23)33-9-7-32(8-10-33)22-6-4-17(29)13-21(22)28/h3-6,11-14H,2,7-10,29H2,1H3. The van der Waals surface area contributed by atoms with Gasteiger partial charge in [0, 0.05) is 66.1 Å². The summed E-state index contributed by atoms with van der Waals surface area (Å²) in [7, 11) is 0. The average molecular weight is 513 g/mol. The van der Waals surface area contributed by atoms with Gasteiger partial charge in [0.2, 0.25) is 5.95 Å². The fourth-order valence-electron chi connectivity index (χ4n) is 4.42. The van der Waals surface area contributed by atoms with Gasteiger partial charge in [0.1, 0.15) is 11.5 Å². The Bertz CT molecular complexity index is 1480. The van der Waals surface area contributed by atoms with E-state index in [1.54, 1.807) is 47.2 Å².